The van der Waals surface area contributed by atoms with Crippen molar-refractivity contribution in [2.45, 2.75) is 40.2 Å². The molecule has 0 saturated carbocycles. The topological polar surface area (TPSA) is 22.0 Å². The zero-order valence-electron chi connectivity index (χ0n) is 16.3. The zero-order chi connectivity index (χ0) is 20.7. The maximum absolute atomic E-state index is 14.1. The molecule has 0 amide bonds. The maximum atomic E-state index is 14.1. The summed E-state index contributed by atoms with van der Waals surface area (Å²) >= 11 is 0. The van der Waals surface area contributed by atoms with E-state index in [4.69, 9.17) is 0 Å². The standard InChI is InChI=1S/C21H18F3NO.C2H6/c1-14-9-15(10-16-7-8-18(22)11-20(16)24)12-25(21(14)26)13-17-5-3-2-4-6-19(17)23;1-2/h2-4,6-9,11-12H,5,10,13H2,1H3;1-2H3. The second-order valence-corrected chi connectivity index (χ2v) is 6.32. The molecular weight excluding hydrogens is 363 g/mol. The molecule has 0 aliphatic heterocycles. The van der Waals surface area contributed by atoms with E-state index in [1.807, 2.05) is 19.9 Å². The van der Waals surface area contributed by atoms with Crippen LogP contribution in [0.25, 0.3) is 0 Å². The minimum Gasteiger partial charge on any atom is -0.311 e. The average molecular weight is 387 g/mol. The van der Waals surface area contributed by atoms with Crippen molar-refractivity contribution in [2.24, 2.45) is 0 Å². The monoisotopic (exact) mass is 387 g/mol. The van der Waals surface area contributed by atoms with Gasteiger partial charge in [0, 0.05) is 24.2 Å². The third kappa shape index (κ3) is 5.35. The van der Waals surface area contributed by atoms with Crippen molar-refractivity contribution < 1.29 is 13.2 Å². The van der Waals surface area contributed by atoms with Crippen LogP contribution >= 0.6 is 0 Å². The molecule has 0 unspecified atom stereocenters. The van der Waals surface area contributed by atoms with Crippen molar-refractivity contribution in [2.75, 3.05) is 0 Å². The predicted octanol–water partition coefficient (Wildman–Crippen LogP) is 5.79. The van der Waals surface area contributed by atoms with Crippen LogP contribution in [0.4, 0.5) is 13.2 Å². The fourth-order valence-corrected chi connectivity index (χ4v) is 2.95. The SMILES string of the molecule is CC.Cc1cc(Cc2ccc(F)cc2F)cn(CC2=C(F)C=CC=CC2)c1=O. The molecule has 0 saturated heterocycles. The van der Waals surface area contributed by atoms with Gasteiger partial charge in [-0.05, 0) is 48.3 Å². The van der Waals surface area contributed by atoms with Crippen LogP contribution < -0.4 is 5.56 Å². The molecule has 2 aromatic rings. The van der Waals surface area contributed by atoms with E-state index in [-0.39, 0.29) is 24.4 Å². The van der Waals surface area contributed by atoms with E-state index < -0.39 is 11.6 Å². The molecule has 1 aliphatic rings. The van der Waals surface area contributed by atoms with E-state index in [1.165, 1.54) is 22.8 Å². The summed E-state index contributed by atoms with van der Waals surface area (Å²) in [6, 6.07) is 5.10. The molecule has 0 fully saturated rings. The Hall–Kier alpha value is -2.82. The first-order chi connectivity index (χ1) is 13.4. The Balaban J connectivity index is 0.00000136. The molecule has 0 atom stereocenters. The van der Waals surface area contributed by atoms with E-state index in [0.717, 1.165) is 6.07 Å². The fourth-order valence-electron chi connectivity index (χ4n) is 2.95. The Bertz CT molecular complexity index is 984. The van der Waals surface area contributed by atoms with Crippen LogP contribution in [0, 0.1) is 18.6 Å². The third-order valence-corrected chi connectivity index (χ3v) is 4.28. The summed E-state index contributed by atoms with van der Waals surface area (Å²) in [6.45, 7) is 5.79. The van der Waals surface area contributed by atoms with Gasteiger partial charge >= 0.3 is 0 Å². The van der Waals surface area contributed by atoms with Crippen molar-refractivity contribution in [3.05, 3.63) is 105 Å². The van der Waals surface area contributed by atoms with Crippen LogP contribution in [-0.4, -0.2) is 4.57 Å². The highest BCUT2D eigenvalue weighted by atomic mass is 19.1. The van der Waals surface area contributed by atoms with Crippen molar-refractivity contribution in [3.63, 3.8) is 0 Å². The molecule has 1 aromatic carbocycles. The number of hydrogen-bond acceptors (Lipinski definition) is 1. The lowest BCUT2D eigenvalue weighted by atomic mass is 10.0. The molecule has 1 heterocycles. The second-order valence-electron chi connectivity index (χ2n) is 6.32. The van der Waals surface area contributed by atoms with Crippen molar-refractivity contribution in [1.82, 2.24) is 4.57 Å². The summed E-state index contributed by atoms with van der Waals surface area (Å²) in [5.74, 6) is -1.62. The first-order valence-electron chi connectivity index (χ1n) is 9.28. The number of halogens is 3. The van der Waals surface area contributed by atoms with Crippen LogP contribution in [0.5, 0.6) is 0 Å². The highest BCUT2D eigenvalue weighted by Crippen LogP contribution is 2.19. The molecule has 148 valence electrons. The number of aromatic nitrogens is 1. The van der Waals surface area contributed by atoms with E-state index in [9.17, 15) is 18.0 Å². The van der Waals surface area contributed by atoms with Gasteiger partial charge in [-0.1, -0.05) is 38.1 Å². The fraction of sp³-hybridized carbons (Fsp3) is 0.261. The van der Waals surface area contributed by atoms with Crippen LogP contribution in [0.15, 0.2) is 71.0 Å². The molecule has 0 spiro atoms. The number of pyridine rings is 1. The molecular formula is C23H24F3NO. The molecule has 0 N–H and O–H groups in total. The van der Waals surface area contributed by atoms with Gasteiger partial charge < -0.3 is 4.57 Å². The molecule has 2 nitrogen and oxygen atoms in total. The van der Waals surface area contributed by atoms with E-state index >= 15 is 0 Å². The number of allylic oxidation sites excluding steroid dienone is 6. The van der Waals surface area contributed by atoms with Gasteiger partial charge in [0.25, 0.3) is 5.56 Å². The highest BCUT2D eigenvalue weighted by molar-refractivity contribution is 5.31. The number of benzene rings is 1. The normalized spacial score (nSPS) is 13.2. The molecule has 28 heavy (non-hydrogen) atoms. The average Bonchev–Trinajstić information content (AvgIpc) is 2.87. The minimum absolute atomic E-state index is 0.125. The Kier molecular flexibility index (Phi) is 7.61. The summed E-state index contributed by atoms with van der Waals surface area (Å²) in [7, 11) is 0. The van der Waals surface area contributed by atoms with E-state index in [1.54, 1.807) is 31.3 Å². The number of rotatable bonds is 4. The van der Waals surface area contributed by atoms with Gasteiger partial charge in [0.2, 0.25) is 0 Å². The third-order valence-electron chi connectivity index (χ3n) is 4.28. The summed E-state index contributed by atoms with van der Waals surface area (Å²) in [4.78, 5) is 12.4. The van der Waals surface area contributed by atoms with Crippen molar-refractivity contribution in [1.29, 1.82) is 0 Å². The smallest absolute Gasteiger partial charge is 0.253 e. The summed E-state index contributed by atoms with van der Waals surface area (Å²) < 4.78 is 42.5. The van der Waals surface area contributed by atoms with Gasteiger partial charge in [0.1, 0.15) is 17.5 Å². The molecule has 0 bridgehead atoms. The predicted molar refractivity (Wildman–Crippen MR) is 107 cm³/mol. The Morgan fingerprint density at radius 3 is 2.54 bits per heavy atom. The van der Waals surface area contributed by atoms with E-state index in [2.05, 4.69) is 0 Å². The van der Waals surface area contributed by atoms with Gasteiger partial charge in [-0.15, -0.1) is 0 Å². The number of aryl methyl sites for hydroxylation is 1. The summed E-state index contributed by atoms with van der Waals surface area (Å²) in [6.07, 6.45) is 8.81. The Labute approximate surface area is 163 Å². The Morgan fingerprint density at radius 1 is 1.07 bits per heavy atom. The lowest BCUT2D eigenvalue weighted by molar-refractivity contribution is 0.574. The van der Waals surface area contributed by atoms with Gasteiger partial charge in [0.15, 0.2) is 0 Å². The Morgan fingerprint density at radius 2 is 1.82 bits per heavy atom. The molecule has 1 aromatic heterocycles. The van der Waals surface area contributed by atoms with Gasteiger partial charge in [-0.2, -0.15) is 0 Å². The number of hydrogen-bond donors (Lipinski definition) is 0. The van der Waals surface area contributed by atoms with Gasteiger partial charge in [-0.25, -0.2) is 13.2 Å². The minimum atomic E-state index is -0.635. The lowest BCUT2D eigenvalue weighted by Gasteiger charge is -2.13. The molecule has 3 rings (SSSR count). The van der Waals surface area contributed by atoms with Crippen molar-refractivity contribution >= 4 is 0 Å². The van der Waals surface area contributed by atoms with Crippen molar-refractivity contribution in [3.8, 4) is 0 Å². The first-order valence-corrected chi connectivity index (χ1v) is 9.28. The van der Waals surface area contributed by atoms with E-state index in [0.29, 0.717) is 28.7 Å². The van der Waals surface area contributed by atoms with Crippen LogP contribution in [0.3, 0.4) is 0 Å². The second kappa shape index (κ2) is 9.93. The van der Waals surface area contributed by atoms with Crippen LogP contribution in [0.2, 0.25) is 0 Å². The van der Waals surface area contributed by atoms with Crippen LogP contribution in [-0.2, 0) is 13.0 Å². The van der Waals surface area contributed by atoms with Gasteiger partial charge in [-0.3, -0.25) is 4.79 Å². The molecule has 1 aliphatic carbocycles. The molecule has 5 heteroatoms. The van der Waals surface area contributed by atoms with Crippen LogP contribution in [0.1, 0.15) is 37.0 Å². The first kappa shape index (κ1) is 21.5. The highest BCUT2D eigenvalue weighted by Gasteiger charge is 2.11. The molecule has 0 radical (unpaired) electrons. The number of nitrogens with zero attached hydrogens (tertiary/aromatic N) is 1. The zero-order valence-corrected chi connectivity index (χ0v) is 16.3. The summed E-state index contributed by atoms with van der Waals surface area (Å²) in [5.41, 5.74) is 1.81. The maximum Gasteiger partial charge on any atom is 0.253 e. The lowest BCUT2D eigenvalue weighted by Crippen LogP contribution is -2.23. The summed E-state index contributed by atoms with van der Waals surface area (Å²) in [5, 5.41) is 0. The van der Waals surface area contributed by atoms with Gasteiger partial charge in [0.05, 0.1) is 6.54 Å². The largest absolute Gasteiger partial charge is 0.311 e. The quantitative estimate of drug-likeness (QED) is 0.651.